The molecule has 3 atom stereocenters. The maximum atomic E-state index is 12.5. The Labute approximate surface area is 104 Å². The molecule has 17 heavy (non-hydrogen) atoms. The quantitative estimate of drug-likeness (QED) is 0.719. The standard InChI is InChI=1S/C13H25N3O/c1-10-8-14-5-4-12(10)13(17)16-7-6-15(3)11(2)9-16/h10-12,14H,4-9H2,1-3H3. The maximum absolute atomic E-state index is 12.5. The van der Waals surface area contributed by atoms with Crippen LogP contribution in [0.5, 0.6) is 0 Å². The number of carbonyl (C=O) groups is 1. The minimum atomic E-state index is 0.242. The van der Waals surface area contributed by atoms with Crippen LogP contribution in [0.4, 0.5) is 0 Å². The molecule has 4 nitrogen and oxygen atoms in total. The fraction of sp³-hybridized carbons (Fsp3) is 0.923. The van der Waals surface area contributed by atoms with Gasteiger partial charge in [-0.15, -0.1) is 0 Å². The van der Waals surface area contributed by atoms with Crippen molar-refractivity contribution in [1.82, 2.24) is 15.1 Å². The van der Waals surface area contributed by atoms with E-state index in [4.69, 9.17) is 0 Å². The van der Waals surface area contributed by atoms with E-state index in [1.807, 2.05) is 0 Å². The van der Waals surface area contributed by atoms with Crippen molar-refractivity contribution >= 4 is 5.91 Å². The van der Waals surface area contributed by atoms with Crippen LogP contribution >= 0.6 is 0 Å². The lowest BCUT2D eigenvalue weighted by Gasteiger charge is -2.40. The average Bonchev–Trinajstić information content (AvgIpc) is 2.32. The largest absolute Gasteiger partial charge is 0.340 e. The average molecular weight is 239 g/mol. The molecular weight excluding hydrogens is 214 g/mol. The van der Waals surface area contributed by atoms with Crippen molar-refractivity contribution in [1.29, 1.82) is 0 Å². The van der Waals surface area contributed by atoms with Gasteiger partial charge in [-0.2, -0.15) is 0 Å². The number of piperidine rings is 1. The van der Waals surface area contributed by atoms with E-state index in [0.29, 0.717) is 17.9 Å². The van der Waals surface area contributed by atoms with Gasteiger partial charge in [0.1, 0.15) is 0 Å². The van der Waals surface area contributed by atoms with Gasteiger partial charge in [0.2, 0.25) is 5.91 Å². The fourth-order valence-corrected chi connectivity index (χ4v) is 2.86. The SMILES string of the molecule is CC1CNCCC1C(=O)N1CCN(C)C(C)C1. The number of amides is 1. The summed E-state index contributed by atoms with van der Waals surface area (Å²) in [6, 6.07) is 0.490. The van der Waals surface area contributed by atoms with Gasteiger partial charge >= 0.3 is 0 Å². The predicted molar refractivity (Wildman–Crippen MR) is 68.8 cm³/mol. The lowest BCUT2D eigenvalue weighted by molar-refractivity contribution is -0.140. The Morgan fingerprint density at radius 1 is 1.29 bits per heavy atom. The maximum Gasteiger partial charge on any atom is 0.226 e. The number of carbonyl (C=O) groups excluding carboxylic acids is 1. The molecule has 2 aliphatic rings. The van der Waals surface area contributed by atoms with Crippen LogP contribution in [-0.4, -0.2) is 61.5 Å². The molecule has 1 N–H and O–H groups in total. The van der Waals surface area contributed by atoms with Crippen molar-refractivity contribution in [3.63, 3.8) is 0 Å². The number of piperazine rings is 1. The Kier molecular flexibility index (Phi) is 4.05. The van der Waals surface area contributed by atoms with Crippen molar-refractivity contribution in [2.45, 2.75) is 26.3 Å². The second-order valence-corrected chi connectivity index (χ2v) is 5.69. The van der Waals surface area contributed by atoms with E-state index in [-0.39, 0.29) is 5.92 Å². The van der Waals surface area contributed by atoms with E-state index in [1.54, 1.807) is 0 Å². The molecule has 0 aromatic heterocycles. The van der Waals surface area contributed by atoms with E-state index in [2.05, 4.69) is 36.0 Å². The zero-order chi connectivity index (χ0) is 12.4. The summed E-state index contributed by atoms with van der Waals surface area (Å²) in [5, 5.41) is 3.36. The van der Waals surface area contributed by atoms with E-state index < -0.39 is 0 Å². The van der Waals surface area contributed by atoms with Crippen LogP contribution in [-0.2, 0) is 4.79 Å². The minimum Gasteiger partial charge on any atom is -0.340 e. The van der Waals surface area contributed by atoms with Crippen molar-refractivity contribution in [3.8, 4) is 0 Å². The summed E-state index contributed by atoms with van der Waals surface area (Å²) in [6.07, 6.45) is 1.00. The summed E-state index contributed by atoms with van der Waals surface area (Å²) < 4.78 is 0. The molecule has 0 radical (unpaired) electrons. The third-order valence-electron chi connectivity index (χ3n) is 4.37. The lowest BCUT2D eigenvalue weighted by atomic mass is 9.86. The molecule has 2 saturated heterocycles. The molecule has 0 bridgehead atoms. The highest BCUT2D eigenvalue weighted by atomic mass is 16.2. The molecule has 98 valence electrons. The van der Waals surface area contributed by atoms with Crippen LogP contribution in [0.25, 0.3) is 0 Å². The first-order valence-electron chi connectivity index (χ1n) is 6.79. The topological polar surface area (TPSA) is 35.6 Å². The second-order valence-electron chi connectivity index (χ2n) is 5.69. The number of hydrogen-bond acceptors (Lipinski definition) is 3. The predicted octanol–water partition coefficient (Wildman–Crippen LogP) is 0.395. The molecule has 0 aromatic rings. The number of rotatable bonds is 1. The van der Waals surface area contributed by atoms with Gasteiger partial charge < -0.3 is 15.1 Å². The molecule has 0 spiro atoms. The number of nitrogens with one attached hydrogen (secondary N) is 1. The zero-order valence-electron chi connectivity index (χ0n) is 11.3. The van der Waals surface area contributed by atoms with Crippen LogP contribution < -0.4 is 5.32 Å². The van der Waals surface area contributed by atoms with E-state index in [1.165, 1.54) is 0 Å². The monoisotopic (exact) mass is 239 g/mol. The molecule has 2 rings (SSSR count). The molecule has 0 aliphatic carbocycles. The third kappa shape index (κ3) is 2.80. The summed E-state index contributed by atoms with van der Waals surface area (Å²) in [4.78, 5) is 16.9. The normalized spacial score (nSPS) is 35.9. The highest BCUT2D eigenvalue weighted by molar-refractivity contribution is 5.79. The van der Waals surface area contributed by atoms with Crippen LogP contribution in [0, 0.1) is 11.8 Å². The third-order valence-corrected chi connectivity index (χ3v) is 4.37. The molecule has 0 saturated carbocycles. The van der Waals surface area contributed by atoms with Gasteiger partial charge in [-0.05, 0) is 39.4 Å². The van der Waals surface area contributed by atoms with Gasteiger partial charge in [0, 0.05) is 31.6 Å². The molecule has 2 heterocycles. The highest BCUT2D eigenvalue weighted by Gasteiger charge is 2.33. The van der Waals surface area contributed by atoms with Crippen LogP contribution in [0.1, 0.15) is 20.3 Å². The van der Waals surface area contributed by atoms with E-state index >= 15 is 0 Å². The Morgan fingerprint density at radius 3 is 2.71 bits per heavy atom. The first kappa shape index (κ1) is 12.8. The number of likely N-dealkylation sites (N-methyl/N-ethyl adjacent to an activating group) is 1. The lowest BCUT2D eigenvalue weighted by Crippen LogP contribution is -2.55. The summed E-state index contributed by atoms with van der Waals surface area (Å²) in [5.41, 5.74) is 0. The number of hydrogen-bond donors (Lipinski definition) is 1. The Hall–Kier alpha value is -0.610. The minimum absolute atomic E-state index is 0.242. The van der Waals surface area contributed by atoms with E-state index in [0.717, 1.165) is 39.1 Å². The van der Waals surface area contributed by atoms with Crippen LogP contribution in [0.15, 0.2) is 0 Å². The fourth-order valence-electron chi connectivity index (χ4n) is 2.86. The molecule has 3 unspecified atom stereocenters. The van der Waals surface area contributed by atoms with Gasteiger partial charge in [0.05, 0.1) is 0 Å². The first-order chi connectivity index (χ1) is 8.09. The van der Waals surface area contributed by atoms with Crippen molar-refractivity contribution in [3.05, 3.63) is 0 Å². The smallest absolute Gasteiger partial charge is 0.226 e. The Balaban J connectivity index is 1.95. The van der Waals surface area contributed by atoms with Gasteiger partial charge in [0.25, 0.3) is 0 Å². The second kappa shape index (κ2) is 5.36. The highest BCUT2D eigenvalue weighted by Crippen LogP contribution is 2.22. The molecule has 2 fully saturated rings. The Bertz CT molecular complexity index is 282. The summed E-state index contributed by atoms with van der Waals surface area (Å²) >= 11 is 0. The van der Waals surface area contributed by atoms with Crippen molar-refractivity contribution < 1.29 is 4.79 Å². The van der Waals surface area contributed by atoms with Gasteiger partial charge in [-0.25, -0.2) is 0 Å². The molecular formula is C13H25N3O. The summed E-state index contributed by atoms with van der Waals surface area (Å²) in [7, 11) is 2.14. The van der Waals surface area contributed by atoms with Crippen molar-refractivity contribution in [2.75, 3.05) is 39.8 Å². The molecule has 2 aliphatic heterocycles. The van der Waals surface area contributed by atoms with Crippen LogP contribution in [0.3, 0.4) is 0 Å². The van der Waals surface area contributed by atoms with E-state index in [9.17, 15) is 4.79 Å². The first-order valence-corrected chi connectivity index (χ1v) is 6.79. The zero-order valence-corrected chi connectivity index (χ0v) is 11.3. The molecule has 4 heteroatoms. The van der Waals surface area contributed by atoms with Crippen LogP contribution in [0.2, 0.25) is 0 Å². The summed E-state index contributed by atoms with van der Waals surface area (Å²) in [5.74, 6) is 1.11. The molecule has 1 amide bonds. The van der Waals surface area contributed by atoms with Gasteiger partial charge in [-0.1, -0.05) is 6.92 Å². The van der Waals surface area contributed by atoms with Gasteiger partial charge in [0.15, 0.2) is 0 Å². The van der Waals surface area contributed by atoms with Crippen molar-refractivity contribution in [2.24, 2.45) is 11.8 Å². The summed E-state index contributed by atoms with van der Waals surface area (Å²) in [6.45, 7) is 9.16. The van der Waals surface area contributed by atoms with Gasteiger partial charge in [-0.3, -0.25) is 4.79 Å². The number of nitrogens with zero attached hydrogens (tertiary/aromatic N) is 2. The molecule has 0 aromatic carbocycles. The Morgan fingerprint density at radius 2 is 2.06 bits per heavy atom.